The molecule has 6 heteroatoms. The van der Waals surface area contributed by atoms with E-state index in [9.17, 15) is 15.0 Å². The second-order valence-electron chi connectivity index (χ2n) is 5.32. The molecule has 5 N–H and O–H groups in total. The van der Waals surface area contributed by atoms with Crippen molar-refractivity contribution in [2.24, 2.45) is 5.92 Å². The second-order valence-corrected chi connectivity index (χ2v) is 5.32. The highest BCUT2D eigenvalue weighted by atomic mass is 16.3. The highest BCUT2D eigenvalue weighted by Crippen LogP contribution is 2.20. The van der Waals surface area contributed by atoms with E-state index in [0.29, 0.717) is 12.3 Å². The first-order valence-electron chi connectivity index (χ1n) is 6.78. The van der Waals surface area contributed by atoms with Gasteiger partial charge in [-0.1, -0.05) is 12.2 Å². The molecule has 0 bridgehead atoms. The van der Waals surface area contributed by atoms with Crippen molar-refractivity contribution in [1.29, 1.82) is 0 Å². The maximum atomic E-state index is 11.7. The summed E-state index contributed by atoms with van der Waals surface area (Å²) in [5.74, 6) is 0.268. The number of hydrogen-bond acceptors (Lipinski definition) is 5. The lowest BCUT2D eigenvalue weighted by molar-refractivity contribution is -0.121. The monoisotopic (exact) mass is 270 g/mol. The van der Waals surface area contributed by atoms with Crippen LogP contribution in [-0.4, -0.2) is 58.7 Å². The van der Waals surface area contributed by atoms with Gasteiger partial charge in [-0.2, -0.15) is 0 Å². The molecule has 5 atom stereocenters. The van der Waals surface area contributed by atoms with Crippen molar-refractivity contribution in [3.05, 3.63) is 12.2 Å². The van der Waals surface area contributed by atoms with Gasteiger partial charge in [-0.3, -0.25) is 4.79 Å². The zero-order chi connectivity index (χ0) is 13.8. The maximum absolute atomic E-state index is 11.7. The van der Waals surface area contributed by atoms with E-state index in [1.54, 1.807) is 0 Å². The van der Waals surface area contributed by atoms with Crippen LogP contribution < -0.4 is 10.6 Å². The molecule has 19 heavy (non-hydrogen) atoms. The van der Waals surface area contributed by atoms with E-state index in [2.05, 4.69) is 22.8 Å². The van der Waals surface area contributed by atoms with Gasteiger partial charge in [0.15, 0.2) is 0 Å². The molecule has 2 rings (SSSR count). The van der Waals surface area contributed by atoms with E-state index >= 15 is 0 Å². The fourth-order valence-corrected chi connectivity index (χ4v) is 2.69. The van der Waals surface area contributed by atoms with Crippen molar-refractivity contribution < 1.29 is 20.1 Å². The first kappa shape index (κ1) is 14.5. The fraction of sp³-hybridized carbons (Fsp3) is 0.769. The predicted octanol–water partition coefficient (Wildman–Crippen LogP) is -1.49. The molecule has 0 spiro atoms. The van der Waals surface area contributed by atoms with Crippen molar-refractivity contribution in [1.82, 2.24) is 10.6 Å². The van der Waals surface area contributed by atoms with Gasteiger partial charge in [-0.05, 0) is 18.8 Å². The van der Waals surface area contributed by atoms with Crippen LogP contribution in [0.25, 0.3) is 0 Å². The van der Waals surface area contributed by atoms with E-state index in [4.69, 9.17) is 5.11 Å². The Bertz CT molecular complexity index is 348. The Kier molecular flexibility index (Phi) is 4.93. The Labute approximate surface area is 112 Å². The number of aliphatic hydroxyl groups is 3. The van der Waals surface area contributed by atoms with Gasteiger partial charge < -0.3 is 26.0 Å². The van der Waals surface area contributed by atoms with Crippen molar-refractivity contribution in [2.75, 3.05) is 13.2 Å². The average molecular weight is 270 g/mol. The number of allylic oxidation sites excluding steroid dienone is 2. The highest BCUT2D eigenvalue weighted by molar-refractivity contribution is 5.76. The number of carbonyl (C=O) groups is 1. The zero-order valence-corrected chi connectivity index (χ0v) is 10.8. The molecule has 1 aliphatic heterocycles. The van der Waals surface area contributed by atoms with Gasteiger partial charge in [-0.25, -0.2) is 0 Å². The second kappa shape index (κ2) is 6.47. The van der Waals surface area contributed by atoms with Crippen LogP contribution in [0.3, 0.4) is 0 Å². The molecule has 1 fully saturated rings. The number of carbonyl (C=O) groups excluding carboxylic acids is 1. The Hall–Kier alpha value is -0.950. The maximum Gasteiger partial charge on any atom is 0.220 e. The van der Waals surface area contributed by atoms with Crippen LogP contribution in [0.1, 0.15) is 19.3 Å². The minimum atomic E-state index is -0.996. The number of aliphatic hydroxyl groups excluding tert-OH is 3. The average Bonchev–Trinajstić information content (AvgIpc) is 2.98. The summed E-state index contributed by atoms with van der Waals surface area (Å²) in [5, 5.41) is 34.1. The van der Waals surface area contributed by atoms with Crippen LogP contribution >= 0.6 is 0 Å². The molecule has 0 saturated carbocycles. The molecular weight excluding hydrogens is 248 g/mol. The summed E-state index contributed by atoms with van der Waals surface area (Å²) in [6.45, 7) is 0.0134. The Morgan fingerprint density at radius 1 is 1.32 bits per heavy atom. The first-order valence-corrected chi connectivity index (χ1v) is 6.78. The van der Waals surface area contributed by atoms with Crippen molar-refractivity contribution in [3.8, 4) is 0 Å². The van der Waals surface area contributed by atoms with Crippen molar-refractivity contribution >= 4 is 5.91 Å². The van der Waals surface area contributed by atoms with Crippen LogP contribution in [0.15, 0.2) is 12.2 Å². The Morgan fingerprint density at radius 3 is 2.63 bits per heavy atom. The summed E-state index contributed by atoms with van der Waals surface area (Å²) in [7, 11) is 0. The third kappa shape index (κ3) is 3.54. The quantitative estimate of drug-likeness (QED) is 0.392. The Balaban J connectivity index is 1.73. The number of nitrogens with one attached hydrogen (secondary N) is 2. The van der Waals surface area contributed by atoms with Crippen LogP contribution in [0.5, 0.6) is 0 Å². The molecule has 1 heterocycles. The SMILES string of the molecule is O=C(CC1C=CCC1)NC[C@@H]1N[C@H](CO)[C@H](O)[C@@H]1O. The lowest BCUT2D eigenvalue weighted by Crippen LogP contribution is -2.44. The predicted molar refractivity (Wildman–Crippen MR) is 69.3 cm³/mol. The lowest BCUT2D eigenvalue weighted by Gasteiger charge is -2.17. The smallest absolute Gasteiger partial charge is 0.220 e. The standard InChI is InChI=1S/C13H22N2O4/c16-7-10-13(19)12(18)9(15-10)6-14-11(17)5-8-3-1-2-4-8/h1,3,8-10,12-13,15-16,18-19H,2,4-7H2,(H,14,17)/t8?,9-,10+,12+,13-/m0/s1. The summed E-state index contributed by atoms with van der Waals surface area (Å²) in [6, 6.07) is -0.954. The molecule has 1 unspecified atom stereocenters. The lowest BCUT2D eigenvalue weighted by atomic mass is 10.0. The van der Waals surface area contributed by atoms with E-state index in [1.165, 1.54) is 0 Å². The molecule has 1 aliphatic carbocycles. The van der Waals surface area contributed by atoms with Crippen LogP contribution in [-0.2, 0) is 4.79 Å². The number of amides is 1. The zero-order valence-electron chi connectivity index (χ0n) is 10.8. The molecule has 2 aliphatic rings. The topological polar surface area (TPSA) is 102 Å². The van der Waals surface area contributed by atoms with E-state index < -0.39 is 24.3 Å². The Morgan fingerprint density at radius 2 is 2.05 bits per heavy atom. The molecule has 0 aromatic carbocycles. The third-order valence-corrected chi connectivity index (χ3v) is 3.88. The molecule has 6 nitrogen and oxygen atoms in total. The number of rotatable bonds is 5. The summed E-state index contributed by atoms with van der Waals surface area (Å²) in [5.41, 5.74) is 0. The normalized spacial score (nSPS) is 37.7. The molecule has 0 radical (unpaired) electrons. The minimum absolute atomic E-state index is 0.0486. The summed E-state index contributed by atoms with van der Waals surface area (Å²) < 4.78 is 0. The van der Waals surface area contributed by atoms with Gasteiger partial charge in [0.05, 0.1) is 30.9 Å². The molecule has 0 aromatic heterocycles. The molecule has 1 saturated heterocycles. The number of hydrogen-bond donors (Lipinski definition) is 5. The summed E-state index contributed by atoms with van der Waals surface area (Å²) in [6.07, 6.45) is 4.70. The van der Waals surface area contributed by atoms with Crippen LogP contribution in [0, 0.1) is 5.92 Å². The van der Waals surface area contributed by atoms with Gasteiger partial charge in [0.25, 0.3) is 0 Å². The van der Waals surface area contributed by atoms with Gasteiger partial charge in [0.1, 0.15) is 0 Å². The molecular formula is C13H22N2O4. The van der Waals surface area contributed by atoms with E-state index in [0.717, 1.165) is 12.8 Å². The highest BCUT2D eigenvalue weighted by Gasteiger charge is 2.40. The van der Waals surface area contributed by atoms with Gasteiger partial charge >= 0.3 is 0 Å². The largest absolute Gasteiger partial charge is 0.395 e. The van der Waals surface area contributed by atoms with Gasteiger partial charge in [0, 0.05) is 13.0 Å². The van der Waals surface area contributed by atoms with Gasteiger partial charge in [-0.15, -0.1) is 0 Å². The van der Waals surface area contributed by atoms with Gasteiger partial charge in [0.2, 0.25) is 5.91 Å². The summed E-state index contributed by atoms with van der Waals surface area (Å²) >= 11 is 0. The van der Waals surface area contributed by atoms with Crippen LogP contribution in [0.2, 0.25) is 0 Å². The van der Waals surface area contributed by atoms with Crippen molar-refractivity contribution in [2.45, 2.75) is 43.6 Å². The first-order chi connectivity index (χ1) is 9.11. The van der Waals surface area contributed by atoms with E-state index in [1.807, 2.05) is 0 Å². The van der Waals surface area contributed by atoms with Crippen molar-refractivity contribution in [3.63, 3.8) is 0 Å². The molecule has 108 valence electrons. The summed E-state index contributed by atoms with van der Waals surface area (Å²) in [4.78, 5) is 11.7. The molecule has 1 amide bonds. The molecule has 0 aromatic rings. The van der Waals surface area contributed by atoms with E-state index in [-0.39, 0.29) is 19.1 Å². The van der Waals surface area contributed by atoms with Crippen LogP contribution in [0.4, 0.5) is 0 Å². The fourth-order valence-electron chi connectivity index (χ4n) is 2.69. The minimum Gasteiger partial charge on any atom is -0.395 e. The third-order valence-electron chi connectivity index (χ3n) is 3.88.